The van der Waals surface area contributed by atoms with Crippen molar-refractivity contribution in [1.29, 1.82) is 0 Å². The molecule has 1 aliphatic heterocycles. The Bertz CT molecular complexity index is 191. The molecule has 1 fully saturated rings. The highest BCUT2D eigenvalue weighted by Crippen LogP contribution is 2.12. The van der Waals surface area contributed by atoms with Crippen LogP contribution in [0.1, 0.15) is 39.5 Å². The van der Waals surface area contributed by atoms with Crippen LogP contribution in [0.4, 0.5) is 4.79 Å². The van der Waals surface area contributed by atoms with Gasteiger partial charge in [-0.1, -0.05) is 13.3 Å². The molecule has 0 saturated carbocycles. The Balaban J connectivity index is 2.36. The van der Waals surface area contributed by atoms with E-state index in [1.807, 2.05) is 6.92 Å². The second-order valence-electron chi connectivity index (χ2n) is 3.89. The summed E-state index contributed by atoms with van der Waals surface area (Å²) in [6.07, 6.45) is 4.56. The molecule has 88 valence electrons. The summed E-state index contributed by atoms with van der Waals surface area (Å²) in [6, 6.07) is 0. The summed E-state index contributed by atoms with van der Waals surface area (Å²) < 4.78 is 4.89. The Labute approximate surface area is 92.0 Å². The number of alkyl carbamates (subject to hydrolysis) is 1. The largest absolute Gasteiger partial charge is 0.450 e. The zero-order valence-electron chi connectivity index (χ0n) is 9.79. The summed E-state index contributed by atoms with van der Waals surface area (Å²) in [4.78, 5) is 13.6. The van der Waals surface area contributed by atoms with Crippen molar-refractivity contribution in [2.24, 2.45) is 0 Å². The molecule has 0 aromatic heterocycles. The minimum absolute atomic E-state index is 0.143. The molecule has 0 radical (unpaired) electrons. The van der Waals surface area contributed by atoms with Gasteiger partial charge >= 0.3 is 6.09 Å². The van der Waals surface area contributed by atoms with Crippen LogP contribution in [-0.2, 0) is 4.74 Å². The summed E-state index contributed by atoms with van der Waals surface area (Å²) in [6.45, 7) is 6.52. The van der Waals surface area contributed by atoms with Gasteiger partial charge in [-0.2, -0.15) is 0 Å². The molecule has 1 aliphatic rings. The summed E-state index contributed by atoms with van der Waals surface area (Å²) in [7, 11) is 0. The molecule has 15 heavy (non-hydrogen) atoms. The van der Waals surface area contributed by atoms with Gasteiger partial charge in [0.2, 0.25) is 0 Å². The lowest BCUT2D eigenvalue weighted by Gasteiger charge is -2.34. The third-order valence-corrected chi connectivity index (χ3v) is 2.78. The fraction of sp³-hybridized carbons (Fsp3) is 0.909. The number of likely N-dealkylation sites (tertiary alicyclic amines) is 1. The van der Waals surface area contributed by atoms with Crippen molar-refractivity contribution in [2.75, 3.05) is 19.7 Å². The highest BCUT2D eigenvalue weighted by atomic mass is 16.5. The Kier molecular flexibility index (Phi) is 5.47. The highest BCUT2D eigenvalue weighted by Gasteiger charge is 2.20. The van der Waals surface area contributed by atoms with Crippen molar-refractivity contribution >= 4 is 6.09 Å². The van der Waals surface area contributed by atoms with E-state index in [1.54, 1.807) is 0 Å². The van der Waals surface area contributed by atoms with E-state index in [1.165, 1.54) is 19.3 Å². The first-order valence-electron chi connectivity index (χ1n) is 5.95. The molecular weight excluding hydrogens is 192 g/mol. The molecule has 1 saturated heterocycles. The number of hydrogen-bond donors (Lipinski definition) is 1. The monoisotopic (exact) mass is 214 g/mol. The van der Waals surface area contributed by atoms with Crippen LogP contribution in [0.25, 0.3) is 0 Å². The summed E-state index contributed by atoms with van der Waals surface area (Å²) in [5.74, 6) is 0. The minimum Gasteiger partial charge on any atom is -0.450 e. The van der Waals surface area contributed by atoms with Gasteiger partial charge in [-0.3, -0.25) is 4.90 Å². The molecule has 0 aliphatic carbocycles. The predicted molar refractivity (Wildman–Crippen MR) is 59.7 cm³/mol. The van der Waals surface area contributed by atoms with Crippen molar-refractivity contribution in [3.63, 3.8) is 0 Å². The number of piperidine rings is 1. The molecule has 4 heteroatoms. The standard InChI is InChI=1S/C11H22N2O2/c1-3-10(12-11(14)15-4-2)13-8-6-5-7-9-13/h10H,3-9H2,1-2H3,(H,12,14). The summed E-state index contributed by atoms with van der Waals surface area (Å²) in [5.41, 5.74) is 0. The fourth-order valence-corrected chi connectivity index (χ4v) is 1.99. The molecule has 0 aromatic rings. The van der Waals surface area contributed by atoms with Crippen LogP contribution in [0.2, 0.25) is 0 Å². The quantitative estimate of drug-likeness (QED) is 0.777. The van der Waals surface area contributed by atoms with Gasteiger partial charge in [-0.05, 0) is 26.2 Å². The predicted octanol–water partition coefficient (Wildman–Crippen LogP) is 1.95. The smallest absolute Gasteiger partial charge is 0.408 e. The molecule has 0 bridgehead atoms. The molecule has 1 amide bonds. The van der Waals surface area contributed by atoms with Crippen molar-refractivity contribution in [1.82, 2.24) is 10.2 Å². The third-order valence-electron chi connectivity index (χ3n) is 2.78. The number of amides is 1. The zero-order chi connectivity index (χ0) is 11.1. The van der Waals surface area contributed by atoms with E-state index in [-0.39, 0.29) is 12.3 Å². The van der Waals surface area contributed by atoms with Crippen LogP contribution in [0.5, 0.6) is 0 Å². The maximum Gasteiger partial charge on any atom is 0.408 e. The van der Waals surface area contributed by atoms with E-state index in [9.17, 15) is 4.79 Å². The van der Waals surface area contributed by atoms with Gasteiger partial charge in [0.15, 0.2) is 0 Å². The highest BCUT2D eigenvalue weighted by molar-refractivity contribution is 5.67. The molecule has 1 atom stereocenters. The van der Waals surface area contributed by atoms with Gasteiger partial charge in [0.1, 0.15) is 0 Å². The van der Waals surface area contributed by atoms with E-state index in [2.05, 4.69) is 17.1 Å². The molecule has 0 aromatic carbocycles. The number of rotatable bonds is 4. The lowest BCUT2D eigenvalue weighted by atomic mass is 10.1. The fourth-order valence-electron chi connectivity index (χ4n) is 1.99. The van der Waals surface area contributed by atoms with E-state index >= 15 is 0 Å². The molecule has 1 N–H and O–H groups in total. The van der Waals surface area contributed by atoms with Crippen molar-refractivity contribution in [3.8, 4) is 0 Å². The zero-order valence-corrected chi connectivity index (χ0v) is 9.79. The Morgan fingerprint density at radius 2 is 2.00 bits per heavy atom. The number of ether oxygens (including phenoxy) is 1. The van der Waals surface area contributed by atoms with Crippen molar-refractivity contribution < 1.29 is 9.53 Å². The lowest BCUT2D eigenvalue weighted by molar-refractivity contribution is 0.104. The van der Waals surface area contributed by atoms with Gasteiger partial charge in [0, 0.05) is 13.1 Å². The molecule has 1 heterocycles. The number of hydrogen-bond acceptors (Lipinski definition) is 3. The minimum atomic E-state index is -0.296. The lowest BCUT2D eigenvalue weighted by Crippen LogP contribution is -2.49. The van der Waals surface area contributed by atoms with E-state index in [0.717, 1.165) is 19.5 Å². The first kappa shape index (κ1) is 12.3. The second kappa shape index (κ2) is 6.67. The van der Waals surface area contributed by atoms with Gasteiger partial charge < -0.3 is 10.1 Å². The average Bonchev–Trinajstić information content (AvgIpc) is 2.27. The maximum atomic E-state index is 11.3. The SMILES string of the molecule is CCOC(=O)NC(CC)N1CCCCC1. The number of nitrogens with zero attached hydrogens (tertiary/aromatic N) is 1. The number of carbonyl (C=O) groups excluding carboxylic acids is 1. The maximum absolute atomic E-state index is 11.3. The van der Waals surface area contributed by atoms with E-state index in [4.69, 9.17) is 4.74 Å². The van der Waals surface area contributed by atoms with E-state index < -0.39 is 0 Å². The van der Waals surface area contributed by atoms with Crippen LogP contribution >= 0.6 is 0 Å². The average molecular weight is 214 g/mol. The van der Waals surface area contributed by atoms with Crippen LogP contribution < -0.4 is 5.32 Å². The van der Waals surface area contributed by atoms with Crippen LogP contribution in [0.3, 0.4) is 0 Å². The molecule has 1 rings (SSSR count). The number of carbonyl (C=O) groups is 1. The Morgan fingerprint density at radius 3 is 2.53 bits per heavy atom. The van der Waals surface area contributed by atoms with E-state index in [0.29, 0.717) is 6.61 Å². The Hall–Kier alpha value is -0.770. The van der Waals surface area contributed by atoms with Gasteiger partial charge in [-0.25, -0.2) is 4.79 Å². The third kappa shape index (κ3) is 4.08. The van der Waals surface area contributed by atoms with Crippen LogP contribution in [0, 0.1) is 0 Å². The van der Waals surface area contributed by atoms with Crippen molar-refractivity contribution in [2.45, 2.75) is 45.7 Å². The number of nitrogens with one attached hydrogen (secondary N) is 1. The topological polar surface area (TPSA) is 41.6 Å². The molecular formula is C11H22N2O2. The Morgan fingerprint density at radius 1 is 1.33 bits per heavy atom. The molecule has 1 unspecified atom stereocenters. The van der Waals surface area contributed by atoms with Crippen molar-refractivity contribution in [3.05, 3.63) is 0 Å². The van der Waals surface area contributed by atoms with Gasteiger partial charge in [0.25, 0.3) is 0 Å². The van der Waals surface area contributed by atoms with Gasteiger partial charge in [0.05, 0.1) is 12.8 Å². The second-order valence-corrected chi connectivity index (χ2v) is 3.89. The normalized spacial score (nSPS) is 19.6. The molecule has 4 nitrogen and oxygen atoms in total. The first-order chi connectivity index (χ1) is 7.27. The summed E-state index contributed by atoms with van der Waals surface area (Å²) in [5, 5.41) is 2.90. The summed E-state index contributed by atoms with van der Waals surface area (Å²) >= 11 is 0. The first-order valence-corrected chi connectivity index (χ1v) is 5.95. The van der Waals surface area contributed by atoms with Crippen LogP contribution in [0.15, 0.2) is 0 Å². The molecule has 0 spiro atoms. The van der Waals surface area contributed by atoms with Gasteiger partial charge in [-0.15, -0.1) is 0 Å². The van der Waals surface area contributed by atoms with Crippen LogP contribution in [-0.4, -0.2) is 36.9 Å².